The molecule has 100 valence electrons. The lowest BCUT2D eigenvalue weighted by molar-refractivity contribution is -0.118. The Hall–Kier alpha value is -1.39. The van der Waals surface area contributed by atoms with Gasteiger partial charge in [-0.2, -0.15) is 0 Å². The second-order valence-corrected chi connectivity index (χ2v) is 5.40. The van der Waals surface area contributed by atoms with Gasteiger partial charge in [-0.05, 0) is 29.8 Å². The van der Waals surface area contributed by atoms with Gasteiger partial charge in [0.1, 0.15) is 5.76 Å². The topological polar surface area (TPSA) is 42.2 Å². The number of furan rings is 1. The average Bonchev–Trinajstić information content (AvgIpc) is 2.89. The number of thioether (sulfide) groups is 1. The van der Waals surface area contributed by atoms with Crippen molar-refractivity contribution in [3.05, 3.63) is 59.0 Å². The second kappa shape index (κ2) is 7.26. The van der Waals surface area contributed by atoms with Crippen molar-refractivity contribution >= 4 is 29.3 Å². The number of nitrogens with one attached hydrogen (secondary N) is 1. The van der Waals surface area contributed by atoms with Crippen LogP contribution in [0.15, 0.2) is 47.1 Å². The van der Waals surface area contributed by atoms with E-state index in [1.165, 1.54) is 0 Å². The molecule has 1 aromatic heterocycles. The van der Waals surface area contributed by atoms with Crippen molar-refractivity contribution in [2.24, 2.45) is 0 Å². The normalized spacial score (nSPS) is 10.4. The summed E-state index contributed by atoms with van der Waals surface area (Å²) in [5, 5.41) is 3.53. The monoisotopic (exact) mass is 295 g/mol. The minimum Gasteiger partial charge on any atom is -0.467 e. The molecule has 2 aromatic rings. The van der Waals surface area contributed by atoms with Crippen LogP contribution in [-0.4, -0.2) is 11.7 Å². The van der Waals surface area contributed by atoms with E-state index in [0.29, 0.717) is 12.3 Å². The zero-order valence-electron chi connectivity index (χ0n) is 10.3. The van der Waals surface area contributed by atoms with Gasteiger partial charge in [0.15, 0.2) is 0 Å². The zero-order chi connectivity index (χ0) is 13.5. The third kappa shape index (κ3) is 5.01. The summed E-state index contributed by atoms with van der Waals surface area (Å²) >= 11 is 7.45. The predicted octanol–water partition coefficient (Wildman–Crippen LogP) is 3.48. The summed E-state index contributed by atoms with van der Waals surface area (Å²) in [4.78, 5) is 11.6. The number of benzene rings is 1. The Kier molecular flexibility index (Phi) is 5.36. The first-order valence-corrected chi connectivity index (χ1v) is 7.38. The molecule has 1 N–H and O–H groups in total. The number of halogens is 1. The van der Waals surface area contributed by atoms with Gasteiger partial charge in [-0.15, -0.1) is 11.8 Å². The highest BCUT2D eigenvalue weighted by molar-refractivity contribution is 7.99. The van der Waals surface area contributed by atoms with Crippen LogP contribution in [0.1, 0.15) is 11.3 Å². The number of amides is 1. The molecular weight excluding hydrogens is 282 g/mol. The van der Waals surface area contributed by atoms with Crippen molar-refractivity contribution in [1.82, 2.24) is 5.32 Å². The van der Waals surface area contributed by atoms with Gasteiger partial charge in [0.05, 0.1) is 18.6 Å². The van der Waals surface area contributed by atoms with Crippen molar-refractivity contribution in [3.8, 4) is 0 Å². The Labute approximate surface area is 121 Å². The molecule has 0 saturated carbocycles. The summed E-state index contributed by atoms with van der Waals surface area (Å²) in [6.07, 6.45) is 1.59. The highest BCUT2D eigenvalue weighted by atomic mass is 35.5. The van der Waals surface area contributed by atoms with Crippen molar-refractivity contribution in [3.63, 3.8) is 0 Å². The Balaban J connectivity index is 1.66. The molecule has 5 heteroatoms. The summed E-state index contributed by atoms with van der Waals surface area (Å²) in [5.41, 5.74) is 1.12. The molecule has 0 atom stereocenters. The molecule has 0 aliphatic rings. The highest BCUT2D eigenvalue weighted by Crippen LogP contribution is 2.16. The fourth-order valence-corrected chi connectivity index (χ4v) is 2.56. The largest absolute Gasteiger partial charge is 0.467 e. The first kappa shape index (κ1) is 14.0. The predicted molar refractivity (Wildman–Crippen MR) is 78.2 cm³/mol. The smallest absolute Gasteiger partial charge is 0.230 e. The molecule has 0 fully saturated rings. The quantitative estimate of drug-likeness (QED) is 0.887. The first-order chi connectivity index (χ1) is 9.24. The Morgan fingerprint density at radius 1 is 1.32 bits per heavy atom. The van der Waals surface area contributed by atoms with Crippen LogP contribution in [0.5, 0.6) is 0 Å². The number of carbonyl (C=O) groups is 1. The average molecular weight is 296 g/mol. The first-order valence-electron chi connectivity index (χ1n) is 5.85. The number of rotatable bonds is 6. The van der Waals surface area contributed by atoms with Crippen molar-refractivity contribution in [1.29, 1.82) is 0 Å². The summed E-state index contributed by atoms with van der Waals surface area (Å²) in [5.74, 6) is 1.96. The SMILES string of the molecule is O=C(CSCc1cccc(Cl)c1)NCc1ccco1. The van der Waals surface area contributed by atoms with Gasteiger partial charge in [-0.25, -0.2) is 0 Å². The van der Waals surface area contributed by atoms with Crippen LogP contribution >= 0.6 is 23.4 Å². The number of hydrogen-bond donors (Lipinski definition) is 1. The van der Waals surface area contributed by atoms with E-state index < -0.39 is 0 Å². The van der Waals surface area contributed by atoms with E-state index in [1.54, 1.807) is 24.1 Å². The van der Waals surface area contributed by atoms with Crippen molar-refractivity contribution in [2.45, 2.75) is 12.3 Å². The molecule has 0 aliphatic heterocycles. The molecule has 1 aromatic carbocycles. The maximum absolute atomic E-state index is 11.6. The minimum absolute atomic E-state index is 0.00317. The second-order valence-electron chi connectivity index (χ2n) is 3.98. The van der Waals surface area contributed by atoms with Gasteiger partial charge < -0.3 is 9.73 Å². The van der Waals surface area contributed by atoms with Crippen LogP contribution < -0.4 is 5.32 Å². The molecule has 0 aliphatic carbocycles. The maximum Gasteiger partial charge on any atom is 0.230 e. The Morgan fingerprint density at radius 3 is 2.95 bits per heavy atom. The Morgan fingerprint density at radius 2 is 2.21 bits per heavy atom. The van der Waals surface area contributed by atoms with Crippen LogP contribution in [0.3, 0.4) is 0 Å². The molecule has 2 rings (SSSR count). The highest BCUT2D eigenvalue weighted by Gasteiger charge is 2.03. The zero-order valence-corrected chi connectivity index (χ0v) is 11.8. The van der Waals surface area contributed by atoms with E-state index in [4.69, 9.17) is 16.0 Å². The molecule has 1 amide bonds. The van der Waals surface area contributed by atoms with Crippen molar-refractivity contribution in [2.75, 3.05) is 5.75 Å². The summed E-state index contributed by atoms with van der Waals surface area (Å²) in [7, 11) is 0. The number of carbonyl (C=O) groups excluding carboxylic acids is 1. The lowest BCUT2D eigenvalue weighted by Crippen LogP contribution is -2.24. The molecular formula is C14H14ClNO2S. The van der Waals surface area contributed by atoms with Crippen LogP contribution in [0, 0.1) is 0 Å². The lowest BCUT2D eigenvalue weighted by Gasteiger charge is -2.04. The molecule has 0 unspecified atom stereocenters. The molecule has 0 spiro atoms. The summed E-state index contributed by atoms with van der Waals surface area (Å²) in [6, 6.07) is 11.3. The standard InChI is InChI=1S/C14H14ClNO2S/c15-12-4-1-3-11(7-12)9-19-10-14(17)16-8-13-5-2-6-18-13/h1-7H,8-10H2,(H,16,17). The Bertz CT molecular complexity index is 528. The van der Waals surface area contributed by atoms with Gasteiger partial charge in [-0.1, -0.05) is 23.7 Å². The maximum atomic E-state index is 11.6. The van der Waals surface area contributed by atoms with E-state index >= 15 is 0 Å². The molecule has 3 nitrogen and oxygen atoms in total. The fraction of sp³-hybridized carbons (Fsp3) is 0.214. The third-order valence-electron chi connectivity index (χ3n) is 2.43. The fourth-order valence-electron chi connectivity index (χ4n) is 1.54. The number of hydrogen-bond acceptors (Lipinski definition) is 3. The van der Waals surface area contributed by atoms with Crippen molar-refractivity contribution < 1.29 is 9.21 Å². The van der Waals surface area contributed by atoms with Gasteiger partial charge in [0, 0.05) is 10.8 Å². The molecule has 1 heterocycles. The van der Waals surface area contributed by atoms with E-state index in [0.717, 1.165) is 22.1 Å². The third-order valence-corrected chi connectivity index (χ3v) is 3.67. The van der Waals surface area contributed by atoms with Gasteiger partial charge >= 0.3 is 0 Å². The molecule has 19 heavy (non-hydrogen) atoms. The van der Waals surface area contributed by atoms with E-state index in [2.05, 4.69) is 5.32 Å². The van der Waals surface area contributed by atoms with Gasteiger partial charge in [-0.3, -0.25) is 4.79 Å². The van der Waals surface area contributed by atoms with Crippen LogP contribution in [0.2, 0.25) is 5.02 Å². The van der Waals surface area contributed by atoms with Crippen LogP contribution in [0.25, 0.3) is 0 Å². The van der Waals surface area contributed by atoms with Crippen LogP contribution in [0.4, 0.5) is 0 Å². The van der Waals surface area contributed by atoms with E-state index in [9.17, 15) is 4.79 Å². The summed E-state index contributed by atoms with van der Waals surface area (Å²) in [6.45, 7) is 0.434. The molecule has 0 saturated heterocycles. The van der Waals surface area contributed by atoms with E-state index in [1.807, 2.05) is 30.3 Å². The molecule has 0 bridgehead atoms. The summed E-state index contributed by atoms with van der Waals surface area (Å²) < 4.78 is 5.13. The van der Waals surface area contributed by atoms with Gasteiger partial charge in [0.25, 0.3) is 0 Å². The van der Waals surface area contributed by atoms with Gasteiger partial charge in [0.2, 0.25) is 5.91 Å². The minimum atomic E-state index is 0.00317. The lowest BCUT2D eigenvalue weighted by atomic mass is 10.2. The molecule has 0 radical (unpaired) electrons. The van der Waals surface area contributed by atoms with Crippen LogP contribution in [-0.2, 0) is 17.1 Å². The van der Waals surface area contributed by atoms with E-state index in [-0.39, 0.29) is 5.91 Å².